The predicted octanol–water partition coefficient (Wildman–Crippen LogP) is 0.00590. The van der Waals surface area contributed by atoms with E-state index < -0.39 is 0 Å². The smallest absolute Gasteiger partial charge is 0.307 e. The van der Waals surface area contributed by atoms with Gasteiger partial charge in [0, 0.05) is 13.6 Å². The lowest BCUT2D eigenvalue weighted by atomic mass is 10.2. The molecule has 0 aromatic rings. The standard InChI is InChI=1S/C10H20N2O3/c1-5-15-9(13)6-7-12(4)8(2)10(14)11-3/h8H,5-7H2,1-4H3,(H,11,14). The molecule has 0 bridgehead atoms. The van der Waals surface area contributed by atoms with Crippen molar-refractivity contribution in [2.24, 2.45) is 0 Å². The van der Waals surface area contributed by atoms with E-state index in [4.69, 9.17) is 4.74 Å². The van der Waals surface area contributed by atoms with Crippen LogP contribution in [-0.4, -0.2) is 50.1 Å². The molecule has 0 aromatic carbocycles. The maximum Gasteiger partial charge on any atom is 0.307 e. The van der Waals surface area contributed by atoms with E-state index in [9.17, 15) is 9.59 Å². The Labute approximate surface area is 90.8 Å². The molecule has 0 aromatic heterocycles. The number of likely N-dealkylation sites (N-methyl/N-ethyl adjacent to an activating group) is 2. The highest BCUT2D eigenvalue weighted by Crippen LogP contribution is 1.98. The fraction of sp³-hybridized carbons (Fsp3) is 0.800. The molecule has 15 heavy (non-hydrogen) atoms. The molecule has 0 heterocycles. The quantitative estimate of drug-likeness (QED) is 0.635. The second kappa shape index (κ2) is 7.23. The highest BCUT2D eigenvalue weighted by atomic mass is 16.5. The van der Waals surface area contributed by atoms with Crippen molar-refractivity contribution in [3.05, 3.63) is 0 Å². The largest absolute Gasteiger partial charge is 0.466 e. The Bertz CT molecular complexity index is 219. The van der Waals surface area contributed by atoms with Crippen molar-refractivity contribution in [1.29, 1.82) is 0 Å². The topological polar surface area (TPSA) is 58.6 Å². The van der Waals surface area contributed by atoms with Crippen LogP contribution in [-0.2, 0) is 14.3 Å². The molecule has 0 aliphatic carbocycles. The number of rotatable bonds is 6. The number of hydrogen-bond donors (Lipinski definition) is 1. The first-order chi connectivity index (χ1) is 7.02. The first-order valence-corrected chi connectivity index (χ1v) is 5.10. The molecule has 0 saturated heterocycles. The van der Waals surface area contributed by atoms with E-state index >= 15 is 0 Å². The Morgan fingerprint density at radius 1 is 1.47 bits per heavy atom. The average molecular weight is 216 g/mol. The second-order valence-corrected chi connectivity index (χ2v) is 3.33. The molecular formula is C10H20N2O3. The molecule has 1 N–H and O–H groups in total. The first-order valence-electron chi connectivity index (χ1n) is 5.10. The lowest BCUT2D eigenvalue weighted by Crippen LogP contribution is -2.42. The van der Waals surface area contributed by atoms with Gasteiger partial charge in [-0.25, -0.2) is 0 Å². The Kier molecular flexibility index (Phi) is 6.70. The number of ether oxygens (including phenoxy) is 1. The van der Waals surface area contributed by atoms with Crippen LogP contribution in [0.2, 0.25) is 0 Å². The molecule has 1 atom stereocenters. The molecule has 5 nitrogen and oxygen atoms in total. The molecule has 88 valence electrons. The van der Waals surface area contributed by atoms with E-state index in [1.165, 1.54) is 0 Å². The van der Waals surface area contributed by atoms with Gasteiger partial charge >= 0.3 is 5.97 Å². The number of nitrogens with one attached hydrogen (secondary N) is 1. The summed E-state index contributed by atoms with van der Waals surface area (Å²) in [6, 6.07) is -0.232. The van der Waals surface area contributed by atoms with Gasteiger partial charge in [0.05, 0.1) is 19.1 Å². The minimum Gasteiger partial charge on any atom is -0.466 e. The number of esters is 1. The van der Waals surface area contributed by atoms with Gasteiger partial charge < -0.3 is 10.1 Å². The van der Waals surface area contributed by atoms with Gasteiger partial charge in [0.1, 0.15) is 0 Å². The van der Waals surface area contributed by atoms with Crippen molar-refractivity contribution in [2.45, 2.75) is 26.3 Å². The normalized spacial score (nSPS) is 12.3. The van der Waals surface area contributed by atoms with Gasteiger partial charge in [0.2, 0.25) is 5.91 Å². The van der Waals surface area contributed by atoms with Crippen molar-refractivity contribution in [2.75, 3.05) is 27.2 Å². The van der Waals surface area contributed by atoms with E-state index in [2.05, 4.69) is 5.32 Å². The van der Waals surface area contributed by atoms with Crippen LogP contribution < -0.4 is 5.32 Å². The van der Waals surface area contributed by atoms with Crippen LogP contribution >= 0.6 is 0 Å². The van der Waals surface area contributed by atoms with Crippen LogP contribution in [0.25, 0.3) is 0 Å². The van der Waals surface area contributed by atoms with Crippen LogP contribution in [0.5, 0.6) is 0 Å². The Hall–Kier alpha value is -1.10. The molecule has 0 fully saturated rings. The summed E-state index contributed by atoms with van der Waals surface area (Å²) in [4.78, 5) is 24.1. The van der Waals surface area contributed by atoms with Gasteiger partial charge in [-0.05, 0) is 20.9 Å². The molecule has 0 rings (SSSR count). The molecule has 0 saturated carbocycles. The van der Waals surface area contributed by atoms with Gasteiger partial charge in [0.25, 0.3) is 0 Å². The van der Waals surface area contributed by atoms with Gasteiger partial charge in [-0.1, -0.05) is 0 Å². The van der Waals surface area contributed by atoms with Crippen LogP contribution in [0, 0.1) is 0 Å². The monoisotopic (exact) mass is 216 g/mol. The Morgan fingerprint density at radius 3 is 2.53 bits per heavy atom. The maximum absolute atomic E-state index is 11.3. The molecule has 0 spiro atoms. The zero-order valence-electron chi connectivity index (χ0n) is 9.87. The molecule has 1 amide bonds. The molecule has 0 aliphatic heterocycles. The fourth-order valence-electron chi connectivity index (χ4n) is 1.10. The van der Waals surface area contributed by atoms with E-state index in [0.717, 1.165) is 0 Å². The summed E-state index contributed by atoms with van der Waals surface area (Å²) in [6.45, 7) is 4.49. The summed E-state index contributed by atoms with van der Waals surface area (Å²) in [5.74, 6) is -0.283. The lowest BCUT2D eigenvalue weighted by Gasteiger charge is -2.22. The zero-order valence-corrected chi connectivity index (χ0v) is 9.87. The maximum atomic E-state index is 11.3. The van der Waals surface area contributed by atoms with Crippen molar-refractivity contribution < 1.29 is 14.3 Å². The third-order valence-corrected chi connectivity index (χ3v) is 2.26. The van der Waals surface area contributed by atoms with Crippen LogP contribution in [0.4, 0.5) is 0 Å². The van der Waals surface area contributed by atoms with E-state index in [0.29, 0.717) is 19.6 Å². The Balaban J connectivity index is 3.87. The van der Waals surface area contributed by atoms with Gasteiger partial charge in [-0.2, -0.15) is 0 Å². The van der Waals surface area contributed by atoms with Crippen molar-refractivity contribution in [1.82, 2.24) is 10.2 Å². The van der Waals surface area contributed by atoms with Gasteiger partial charge in [-0.15, -0.1) is 0 Å². The SMILES string of the molecule is CCOC(=O)CCN(C)C(C)C(=O)NC. The molecular weight excluding hydrogens is 196 g/mol. The molecule has 0 aliphatic rings. The van der Waals surface area contributed by atoms with E-state index in [-0.39, 0.29) is 17.9 Å². The van der Waals surface area contributed by atoms with Crippen LogP contribution in [0.3, 0.4) is 0 Å². The summed E-state index contributed by atoms with van der Waals surface area (Å²) in [5, 5.41) is 2.56. The summed E-state index contributed by atoms with van der Waals surface area (Å²) < 4.78 is 4.79. The lowest BCUT2D eigenvalue weighted by molar-refractivity contribution is -0.143. The molecule has 1 unspecified atom stereocenters. The predicted molar refractivity (Wildman–Crippen MR) is 57.4 cm³/mol. The van der Waals surface area contributed by atoms with Crippen molar-refractivity contribution >= 4 is 11.9 Å². The number of nitrogens with zero attached hydrogens (tertiary/aromatic N) is 1. The number of amides is 1. The second-order valence-electron chi connectivity index (χ2n) is 3.33. The van der Waals surface area contributed by atoms with Crippen molar-refractivity contribution in [3.8, 4) is 0 Å². The third-order valence-electron chi connectivity index (χ3n) is 2.26. The summed E-state index contributed by atoms with van der Waals surface area (Å²) in [5.41, 5.74) is 0. The number of carbonyl (C=O) groups excluding carboxylic acids is 2. The van der Waals surface area contributed by atoms with E-state index in [1.807, 2.05) is 4.90 Å². The van der Waals surface area contributed by atoms with Crippen LogP contribution in [0.15, 0.2) is 0 Å². The highest BCUT2D eigenvalue weighted by molar-refractivity contribution is 5.81. The summed E-state index contributed by atoms with van der Waals surface area (Å²) in [6.07, 6.45) is 0.311. The Morgan fingerprint density at radius 2 is 2.07 bits per heavy atom. The zero-order chi connectivity index (χ0) is 11.8. The summed E-state index contributed by atoms with van der Waals surface area (Å²) >= 11 is 0. The number of carbonyl (C=O) groups is 2. The minimum atomic E-state index is -0.232. The van der Waals surface area contributed by atoms with E-state index in [1.54, 1.807) is 27.9 Å². The highest BCUT2D eigenvalue weighted by Gasteiger charge is 2.17. The van der Waals surface area contributed by atoms with Crippen molar-refractivity contribution in [3.63, 3.8) is 0 Å². The minimum absolute atomic E-state index is 0.0543. The molecule has 0 radical (unpaired) electrons. The fourth-order valence-corrected chi connectivity index (χ4v) is 1.10. The van der Waals surface area contributed by atoms with Gasteiger partial charge in [0.15, 0.2) is 0 Å². The average Bonchev–Trinajstić information content (AvgIpc) is 2.24. The summed E-state index contributed by atoms with van der Waals surface area (Å²) in [7, 11) is 3.40. The van der Waals surface area contributed by atoms with Gasteiger partial charge in [-0.3, -0.25) is 14.5 Å². The number of hydrogen-bond acceptors (Lipinski definition) is 4. The first kappa shape index (κ1) is 13.9. The third kappa shape index (κ3) is 5.37. The molecule has 5 heteroatoms. The van der Waals surface area contributed by atoms with Crippen LogP contribution in [0.1, 0.15) is 20.3 Å².